The van der Waals surface area contributed by atoms with Gasteiger partial charge in [-0.25, -0.2) is 30.7 Å². The molecule has 1 aromatic carbocycles. The van der Waals surface area contributed by atoms with Gasteiger partial charge in [0.25, 0.3) is 12.3 Å². The fourth-order valence-electron chi connectivity index (χ4n) is 3.43. The first-order valence-electron chi connectivity index (χ1n) is 8.90. The van der Waals surface area contributed by atoms with Crippen molar-refractivity contribution < 1.29 is 35.9 Å². The molecule has 30 heavy (non-hydrogen) atoms. The zero-order valence-corrected chi connectivity index (χ0v) is 16.7. The number of nitrogens with one attached hydrogen (secondary N) is 2. The van der Waals surface area contributed by atoms with Gasteiger partial charge in [-0.2, -0.15) is 0 Å². The highest BCUT2D eigenvalue weighted by Crippen LogP contribution is 2.31. The van der Waals surface area contributed by atoms with E-state index in [1.165, 1.54) is 24.7 Å². The number of sulfonamides is 1. The van der Waals surface area contributed by atoms with Crippen molar-refractivity contribution in [2.75, 3.05) is 5.32 Å². The number of anilines is 1. The summed E-state index contributed by atoms with van der Waals surface area (Å²) in [5.41, 5.74) is -2.11. The molecule has 0 saturated heterocycles. The molecule has 0 spiro atoms. The Hall–Kier alpha value is -2.44. The van der Waals surface area contributed by atoms with Crippen LogP contribution in [0.3, 0.4) is 0 Å². The van der Waals surface area contributed by atoms with E-state index in [2.05, 4.69) is 10.0 Å². The van der Waals surface area contributed by atoms with Crippen LogP contribution in [0.2, 0.25) is 0 Å². The molecule has 0 fully saturated rings. The van der Waals surface area contributed by atoms with Gasteiger partial charge in [0.2, 0.25) is 10.0 Å². The van der Waals surface area contributed by atoms with Crippen LogP contribution in [0.1, 0.15) is 41.4 Å². The Morgan fingerprint density at radius 3 is 2.60 bits per heavy atom. The van der Waals surface area contributed by atoms with Crippen LogP contribution >= 0.6 is 0 Å². The third-order valence-electron chi connectivity index (χ3n) is 4.94. The van der Waals surface area contributed by atoms with Gasteiger partial charge in [-0.15, -0.1) is 0 Å². The minimum absolute atomic E-state index is 0.106. The van der Waals surface area contributed by atoms with Crippen LogP contribution in [0.5, 0.6) is 0 Å². The van der Waals surface area contributed by atoms with Crippen molar-refractivity contribution in [1.29, 1.82) is 0 Å². The SMILES string of the molecule is C[C@H](O)C1CCc2c(cn(C)c2C(=O)Nc2ccc(F)c(C(F)F)c2F)S(=O)(=O)N1. The molecule has 164 valence electrons. The van der Waals surface area contributed by atoms with Crippen LogP contribution < -0.4 is 10.0 Å². The van der Waals surface area contributed by atoms with Crippen LogP contribution in [0, 0.1) is 11.6 Å². The molecule has 1 aromatic heterocycles. The zero-order valence-electron chi connectivity index (χ0n) is 15.9. The van der Waals surface area contributed by atoms with Gasteiger partial charge in [0.1, 0.15) is 16.4 Å². The lowest BCUT2D eigenvalue weighted by Gasteiger charge is -2.18. The number of benzene rings is 1. The molecule has 2 heterocycles. The summed E-state index contributed by atoms with van der Waals surface area (Å²) in [6.45, 7) is 1.43. The number of hydrogen-bond donors (Lipinski definition) is 3. The number of nitrogens with zero attached hydrogens (tertiary/aromatic N) is 1. The number of rotatable bonds is 4. The summed E-state index contributed by atoms with van der Waals surface area (Å²) in [7, 11) is -2.65. The van der Waals surface area contributed by atoms with Crippen LogP contribution in [0.15, 0.2) is 23.2 Å². The number of carbonyl (C=O) groups excluding carboxylic acids is 1. The minimum Gasteiger partial charge on any atom is -0.392 e. The van der Waals surface area contributed by atoms with E-state index in [1.807, 2.05) is 0 Å². The molecule has 12 heteroatoms. The molecule has 3 rings (SSSR count). The fraction of sp³-hybridized carbons (Fsp3) is 0.389. The van der Waals surface area contributed by atoms with E-state index >= 15 is 0 Å². The number of aliphatic hydroxyl groups is 1. The summed E-state index contributed by atoms with van der Waals surface area (Å²) in [5, 5.41) is 11.9. The summed E-state index contributed by atoms with van der Waals surface area (Å²) >= 11 is 0. The average molecular weight is 449 g/mol. The first kappa shape index (κ1) is 22.2. The number of alkyl halides is 2. The molecule has 0 bridgehead atoms. The maximum Gasteiger partial charge on any atom is 0.272 e. The molecular formula is C18H19F4N3O4S. The van der Waals surface area contributed by atoms with Crippen molar-refractivity contribution in [3.05, 3.63) is 46.8 Å². The highest BCUT2D eigenvalue weighted by molar-refractivity contribution is 7.89. The van der Waals surface area contributed by atoms with Gasteiger partial charge in [-0.3, -0.25) is 4.79 Å². The van der Waals surface area contributed by atoms with Gasteiger partial charge in [0, 0.05) is 24.8 Å². The third kappa shape index (κ3) is 3.94. The molecule has 1 amide bonds. The van der Waals surface area contributed by atoms with Gasteiger partial charge in [-0.1, -0.05) is 0 Å². The van der Waals surface area contributed by atoms with E-state index in [9.17, 15) is 35.9 Å². The maximum absolute atomic E-state index is 14.3. The topological polar surface area (TPSA) is 100 Å². The number of aromatic nitrogens is 1. The lowest BCUT2D eigenvalue weighted by Crippen LogP contribution is -2.40. The number of halogens is 4. The lowest BCUT2D eigenvalue weighted by atomic mass is 10.0. The Morgan fingerprint density at radius 1 is 1.33 bits per heavy atom. The molecular weight excluding hydrogens is 430 g/mol. The largest absolute Gasteiger partial charge is 0.392 e. The first-order chi connectivity index (χ1) is 13.9. The number of hydrogen-bond acceptors (Lipinski definition) is 4. The number of aryl methyl sites for hydroxylation is 1. The van der Waals surface area contributed by atoms with E-state index in [-0.39, 0.29) is 29.0 Å². The van der Waals surface area contributed by atoms with Gasteiger partial charge in [-0.05, 0) is 31.9 Å². The number of fused-ring (bicyclic) bond motifs is 1. The third-order valence-corrected chi connectivity index (χ3v) is 6.48. The Bertz CT molecular complexity index is 1100. The molecule has 3 N–H and O–H groups in total. The predicted octanol–water partition coefficient (Wildman–Crippen LogP) is 2.47. The average Bonchev–Trinajstić information content (AvgIpc) is 2.91. The molecule has 2 aromatic rings. The van der Waals surface area contributed by atoms with Gasteiger partial charge in [0.15, 0.2) is 5.82 Å². The first-order valence-corrected chi connectivity index (χ1v) is 10.4. The van der Waals surface area contributed by atoms with Crippen molar-refractivity contribution in [3.8, 4) is 0 Å². The molecule has 1 unspecified atom stereocenters. The quantitative estimate of drug-likeness (QED) is 0.625. The van der Waals surface area contributed by atoms with Gasteiger partial charge < -0.3 is 15.0 Å². The van der Waals surface area contributed by atoms with Crippen LogP contribution in [0.4, 0.5) is 23.2 Å². The van der Waals surface area contributed by atoms with Crippen molar-refractivity contribution in [2.24, 2.45) is 7.05 Å². The normalized spacial score (nSPS) is 19.3. The minimum atomic E-state index is -4.05. The van der Waals surface area contributed by atoms with Crippen molar-refractivity contribution in [2.45, 2.75) is 43.2 Å². The molecule has 1 aliphatic heterocycles. The number of aliphatic hydroxyl groups excluding tert-OH is 1. The van der Waals surface area contributed by atoms with E-state index in [0.29, 0.717) is 6.07 Å². The monoisotopic (exact) mass is 449 g/mol. The van der Waals surface area contributed by atoms with Crippen molar-refractivity contribution >= 4 is 21.6 Å². The van der Waals surface area contributed by atoms with Crippen LogP contribution in [0.25, 0.3) is 0 Å². The maximum atomic E-state index is 14.3. The summed E-state index contributed by atoms with van der Waals surface area (Å²) in [6, 6.07) is 0.636. The fourth-order valence-corrected chi connectivity index (χ4v) is 5.09. The van der Waals surface area contributed by atoms with Crippen molar-refractivity contribution in [1.82, 2.24) is 9.29 Å². The van der Waals surface area contributed by atoms with Gasteiger partial charge in [0.05, 0.1) is 17.4 Å². The summed E-state index contributed by atoms with van der Waals surface area (Å²) in [6.07, 6.45) is -2.91. The summed E-state index contributed by atoms with van der Waals surface area (Å²) < 4.78 is 82.4. The second-order valence-electron chi connectivity index (χ2n) is 7.02. The molecule has 0 aliphatic carbocycles. The number of amides is 1. The van der Waals surface area contributed by atoms with Crippen LogP contribution in [-0.4, -0.2) is 36.1 Å². The lowest BCUT2D eigenvalue weighted by molar-refractivity contribution is 0.101. The molecule has 7 nitrogen and oxygen atoms in total. The Balaban J connectivity index is 2.01. The molecule has 0 radical (unpaired) electrons. The second-order valence-corrected chi connectivity index (χ2v) is 8.70. The van der Waals surface area contributed by atoms with Gasteiger partial charge >= 0.3 is 0 Å². The highest BCUT2D eigenvalue weighted by atomic mass is 32.2. The molecule has 2 atom stereocenters. The standard InChI is InChI=1S/C18H19F4N3O4S/c1-8(26)11-5-3-9-13(30(28,29)24-11)7-25(2)16(9)18(27)23-12-6-4-10(19)14(15(12)20)17(21)22/h4,6-8,11,17,24,26H,3,5H2,1-2H3,(H,23,27)/t8-,11?/m0/s1. The highest BCUT2D eigenvalue weighted by Gasteiger charge is 2.34. The smallest absolute Gasteiger partial charge is 0.272 e. The van der Waals surface area contributed by atoms with E-state index < -0.39 is 57.4 Å². The zero-order chi connectivity index (χ0) is 22.4. The molecule has 1 aliphatic rings. The van der Waals surface area contributed by atoms with E-state index in [1.54, 1.807) is 0 Å². The summed E-state index contributed by atoms with van der Waals surface area (Å²) in [4.78, 5) is 12.6. The number of carbonyl (C=O) groups is 1. The Labute approximate surface area is 169 Å². The molecule has 0 saturated carbocycles. The Kier molecular flexibility index (Phi) is 5.94. The summed E-state index contributed by atoms with van der Waals surface area (Å²) in [5.74, 6) is -4.01. The van der Waals surface area contributed by atoms with Crippen LogP contribution in [-0.2, 0) is 23.5 Å². The van der Waals surface area contributed by atoms with E-state index in [4.69, 9.17) is 0 Å². The second kappa shape index (κ2) is 8.00. The Morgan fingerprint density at radius 2 is 2.00 bits per heavy atom. The van der Waals surface area contributed by atoms with E-state index in [0.717, 1.165) is 6.07 Å². The predicted molar refractivity (Wildman–Crippen MR) is 98.8 cm³/mol. The van der Waals surface area contributed by atoms with Crippen molar-refractivity contribution in [3.63, 3.8) is 0 Å².